The van der Waals surface area contributed by atoms with Crippen LogP contribution in [0.5, 0.6) is 0 Å². The second kappa shape index (κ2) is 4.35. The fourth-order valence-electron chi connectivity index (χ4n) is 5.33. The highest BCUT2D eigenvalue weighted by Crippen LogP contribution is 2.55. The van der Waals surface area contributed by atoms with Gasteiger partial charge in [-0.1, -0.05) is 39.5 Å². The van der Waals surface area contributed by atoms with Crippen LogP contribution in [-0.4, -0.2) is 0 Å². The first-order valence-electron chi connectivity index (χ1n) is 7.79. The molecule has 92 valence electrons. The summed E-state index contributed by atoms with van der Waals surface area (Å²) in [6, 6.07) is 0. The number of rotatable bonds is 2. The van der Waals surface area contributed by atoms with Gasteiger partial charge in [-0.25, -0.2) is 0 Å². The number of hydrogen-bond acceptors (Lipinski definition) is 0. The number of fused-ring (bicyclic) bond motifs is 2. The van der Waals surface area contributed by atoms with Crippen LogP contribution >= 0.6 is 0 Å². The molecule has 0 heteroatoms. The van der Waals surface area contributed by atoms with Gasteiger partial charge in [0.25, 0.3) is 0 Å². The molecular formula is C16H28. The predicted octanol–water partition coefficient (Wildman–Crippen LogP) is 4.89. The summed E-state index contributed by atoms with van der Waals surface area (Å²) in [6.07, 6.45) is 12.5. The van der Waals surface area contributed by atoms with Crippen LogP contribution in [0.3, 0.4) is 0 Å². The van der Waals surface area contributed by atoms with Crippen LogP contribution in [-0.2, 0) is 0 Å². The Morgan fingerprint density at radius 2 is 1.69 bits per heavy atom. The minimum absolute atomic E-state index is 0.993. The Labute approximate surface area is 101 Å². The van der Waals surface area contributed by atoms with E-state index in [0.717, 1.165) is 35.5 Å². The molecule has 0 spiro atoms. The van der Waals surface area contributed by atoms with E-state index < -0.39 is 0 Å². The Kier molecular flexibility index (Phi) is 3.02. The van der Waals surface area contributed by atoms with Gasteiger partial charge in [-0.2, -0.15) is 0 Å². The van der Waals surface area contributed by atoms with Crippen molar-refractivity contribution in [2.24, 2.45) is 35.5 Å². The summed E-state index contributed by atoms with van der Waals surface area (Å²) in [5.74, 6) is 6.65. The molecule has 0 heterocycles. The molecule has 0 aromatic heterocycles. The quantitative estimate of drug-likeness (QED) is 0.622. The average molecular weight is 220 g/mol. The van der Waals surface area contributed by atoms with Gasteiger partial charge in [-0.05, 0) is 61.2 Å². The first kappa shape index (κ1) is 11.1. The maximum Gasteiger partial charge on any atom is -0.0352 e. The van der Waals surface area contributed by atoms with Crippen LogP contribution in [0, 0.1) is 35.5 Å². The van der Waals surface area contributed by atoms with Crippen molar-refractivity contribution in [3.05, 3.63) is 0 Å². The van der Waals surface area contributed by atoms with E-state index in [4.69, 9.17) is 0 Å². The minimum Gasteiger partial charge on any atom is -0.0651 e. The van der Waals surface area contributed by atoms with E-state index >= 15 is 0 Å². The number of hydrogen-bond donors (Lipinski definition) is 0. The summed E-state index contributed by atoms with van der Waals surface area (Å²) in [7, 11) is 0. The van der Waals surface area contributed by atoms with Gasteiger partial charge < -0.3 is 0 Å². The molecule has 0 amide bonds. The van der Waals surface area contributed by atoms with Crippen molar-refractivity contribution in [3.63, 3.8) is 0 Å². The van der Waals surface area contributed by atoms with Crippen LogP contribution in [0.1, 0.15) is 65.2 Å². The van der Waals surface area contributed by atoms with Gasteiger partial charge in [0.1, 0.15) is 0 Å². The van der Waals surface area contributed by atoms with Gasteiger partial charge >= 0.3 is 0 Å². The standard InChI is InChI=1S/C16H28/c1-3-11(2)15-8-7-14-9-12-5-4-6-13(12)10-16(14)15/h11-16H,3-10H2,1-2H3. The van der Waals surface area contributed by atoms with Gasteiger partial charge in [-0.3, -0.25) is 0 Å². The summed E-state index contributed by atoms with van der Waals surface area (Å²) in [4.78, 5) is 0. The summed E-state index contributed by atoms with van der Waals surface area (Å²) >= 11 is 0. The van der Waals surface area contributed by atoms with Crippen molar-refractivity contribution in [2.75, 3.05) is 0 Å². The lowest BCUT2D eigenvalue weighted by atomic mass is 9.67. The van der Waals surface area contributed by atoms with Gasteiger partial charge in [-0.15, -0.1) is 0 Å². The molecular weight excluding hydrogens is 192 g/mol. The third kappa shape index (κ3) is 1.73. The van der Waals surface area contributed by atoms with E-state index in [1.165, 1.54) is 6.42 Å². The molecule has 3 aliphatic carbocycles. The van der Waals surface area contributed by atoms with E-state index in [-0.39, 0.29) is 0 Å². The smallest absolute Gasteiger partial charge is 0.0352 e. The van der Waals surface area contributed by atoms with E-state index in [1.54, 1.807) is 44.9 Å². The molecule has 6 atom stereocenters. The Morgan fingerprint density at radius 3 is 2.44 bits per heavy atom. The Balaban J connectivity index is 1.70. The van der Waals surface area contributed by atoms with Crippen molar-refractivity contribution < 1.29 is 0 Å². The lowest BCUT2D eigenvalue weighted by Gasteiger charge is -2.38. The third-order valence-electron chi connectivity index (χ3n) is 6.40. The van der Waals surface area contributed by atoms with E-state index in [1.807, 2.05) is 0 Å². The summed E-state index contributed by atoms with van der Waals surface area (Å²) < 4.78 is 0. The summed E-state index contributed by atoms with van der Waals surface area (Å²) in [5.41, 5.74) is 0. The van der Waals surface area contributed by atoms with E-state index in [2.05, 4.69) is 13.8 Å². The van der Waals surface area contributed by atoms with Gasteiger partial charge in [0.2, 0.25) is 0 Å². The third-order valence-corrected chi connectivity index (χ3v) is 6.40. The molecule has 0 aliphatic heterocycles. The maximum absolute atomic E-state index is 2.51. The molecule has 3 fully saturated rings. The van der Waals surface area contributed by atoms with E-state index in [9.17, 15) is 0 Å². The largest absolute Gasteiger partial charge is 0.0651 e. The molecule has 3 rings (SSSR count). The summed E-state index contributed by atoms with van der Waals surface area (Å²) in [6.45, 7) is 4.90. The highest BCUT2D eigenvalue weighted by Gasteiger charge is 2.46. The van der Waals surface area contributed by atoms with Crippen LogP contribution < -0.4 is 0 Å². The Hall–Kier alpha value is 0. The molecule has 0 nitrogen and oxygen atoms in total. The lowest BCUT2D eigenvalue weighted by molar-refractivity contribution is 0.110. The van der Waals surface area contributed by atoms with Crippen LogP contribution in [0.4, 0.5) is 0 Å². The van der Waals surface area contributed by atoms with Gasteiger partial charge in [0.15, 0.2) is 0 Å². The van der Waals surface area contributed by atoms with E-state index in [0.29, 0.717) is 0 Å². The molecule has 0 N–H and O–H groups in total. The second-order valence-corrected chi connectivity index (χ2v) is 6.97. The summed E-state index contributed by atoms with van der Waals surface area (Å²) in [5, 5.41) is 0. The topological polar surface area (TPSA) is 0 Å². The zero-order chi connectivity index (χ0) is 11.1. The molecule has 16 heavy (non-hydrogen) atoms. The highest BCUT2D eigenvalue weighted by molar-refractivity contribution is 4.96. The highest BCUT2D eigenvalue weighted by atomic mass is 14.5. The minimum atomic E-state index is 0.993. The van der Waals surface area contributed by atoms with Crippen molar-refractivity contribution in [3.8, 4) is 0 Å². The molecule has 3 saturated carbocycles. The van der Waals surface area contributed by atoms with Crippen LogP contribution in [0.2, 0.25) is 0 Å². The molecule has 0 bridgehead atoms. The monoisotopic (exact) mass is 220 g/mol. The fourth-order valence-corrected chi connectivity index (χ4v) is 5.33. The molecule has 0 radical (unpaired) electrons. The van der Waals surface area contributed by atoms with Crippen molar-refractivity contribution in [1.29, 1.82) is 0 Å². The van der Waals surface area contributed by atoms with Crippen molar-refractivity contribution >= 4 is 0 Å². The van der Waals surface area contributed by atoms with Gasteiger partial charge in [0, 0.05) is 0 Å². The molecule has 3 aliphatic rings. The Morgan fingerprint density at radius 1 is 0.938 bits per heavy atom. The molecule has 6 unspecified atom stereocenters. The van der Waals surface area contributed by atoms with Crippen molar-refractivity contribution in [2.45, 2.75) is 65.2 Å². The molecule has 0 saturated heterocycles. The zero-order valence-corrected chi connectivity index (χ0v) is 11.1. The normalized spacial score (nSPS) is 48.8. The first-order valence-corrected chi connectivity index (χ1v) is 7.79. The van der Waals surface area contributed by atoms with Crippen molar-refractivity contribution in [1.82, 2.24) is 0 Å². The second-order valence-electron chi connectivity index (χ2n) is 6.97. The average Bonchev–Trinajstić information content (AvgIpc) is 2.90. The predicted molar refractivity (Wildman–Crippen MR) is 69.2 cm³/mol. The van der Waals surface area contributed by atoms with Crippen LogP contribution in [0.25, 0.3) is 0 Å². The first-order chi connectivity index (χ1) is 7.79. The Bertz CT molecular complexity index is 244. The SMILES string of the molecule is CCC(C)C1CCC2CC3CCCC3CC21. The maximum atomic E-state index is 2.51. The fraction of sp³-hybridized carbons (Fsp3) is 1.00. The lowest BCUT2D eigenvalue weighted by Crippen LogP contribution is -2.30. The van der Waals surface area contributed by atoms with Crippen LogP contribution in [0.15, 0.2) is 0 Å². The zero-order valence-electron chi connectivity index (χ0n) is 11.1. The molecule has 0 aromatic carbocycles. The molecule has 0 aromatic rings. The van der Waals surface area contributed by atoms with Gasteiger partial charge in [0.05, 0.1) is 0 Å².